The molecule has 6 heteroatoms. The van der Waals surface area contributed by atoms with Crippen molar-refractivity contribution in [1.82, 2.24) is 5.32 Å². The van der Waals surface area contributed by atoms with Crippen molar-refractivity contribution in [2.45, 2.75) is 0 Å². The number of nitrogens with zero attached hydrogens (tertiary/aromatic N) is 1. The second-order valence-corrected chi connectivity index (χ2v) is 3.61. The van der Waals surface area contributed by atoms with Gasteiger partial charge in [-0.3, -0.25) is 9.59 Å². The molecule has 18 heavy (non-hydrogen) atoms. The number of hydrogen-bond donors (Lipinski definition) is 2. The van der Waals surface area contributed by atoms with Crippen LogP contribution in [0.15, 0.2) is 24.3 Å². The number of benzene rings is 1. The summed E-state index contributed by atoms with van der Waals surface area (Å²) in [5.41, 5.74) is 5.86. The number of carbonyl (C=O) groups excluding carboxylic acids is 2. The molecule has 0 saturated heterocycles. The first kappa shape index (κ1) is 14.0. The zero-order valence-corrected chi connectivity index (χ0v) is 10.5. The average molecular weight is 251 g/mol. The Balaban J connectivity index is 2.70. The Morgan fingerprint density at radius 2 is 1.94 bits per heavy atom. The summed E-state index contributed by atoms with van der Waals surface area (Å²) in [6.45, 7) is 0.576. The Morgan fingerprint density at radius 1 is 1.33 bits per heavy atom. The van der Waals surface area contributed by atoms with Gasteiger partial charge in [0.25, 0.3) is 0 Å². The first-order chi connectivity index (χ1) is 8.60. The molecule has 1 aromatic carbocycles. The van der Waals surface area contributed by atoms with Crippen molar-refractivity contribution in [1.29, 1.82) is 0 Å². The standard InChI is InChI=1S/C12H17N3O3/c1-15(12(17)11(16)14-8-7-13)9-3-5-10(18-2)6-4-9/h3-6H,7-8,13H2,1-2H3,(H,14,16). The third-order valence-corrected chi connectivity index (χ3v) is 2.39. The number of ether oxygens (including phenoxy) is 1. The summed E-state index contributed by atoms with van der Waals surface area (Å²) >= 11 is 0. The van der Waals surface area contributed by atoms with Gasteiger partial charge in [-0.1, -0.05) is 0 Å². The zero-order valence-electron chi connectivity index (χ0n) is 10.5. The topological polar surface area (TPSA) is 84.7 Å². The zero-order chi connectivity index (χ0) is 13.5. The maximum absolute atomic E-state index is 11.7. The third-order valence-electron chi connectivity index (χ3n) is 2.39. The largest absolute Gasteiger partial charge is 0.497 e. The van der Waals surface area contributed by atoms with Gasteiger partial charge in [0, 0.05) is 25.8 Å². The minimum Gasteiger partial charge on any atom is -0.497 e. The number of likely N-dealkylation sites (N-methyl/N-ethyl adjacent to an activating group) is 1. The molecule has 0 heterocycles. The van der Waals surface area contributed by atoms with Crippen LogP contribution < -0.4 is 20.7 Å². The van der Waals surface area contributed by atoms with E-state index in [9.17, 15) is 9.59 Å². The minimum absolute atomic E-state index is 0.279. The van der Waals surface area contributed by atoms with Crippen molar-refractivity contribution in [3.05, 3.63) is 24.3 Å². The fraction of sp³-hybridized carbons (Fsp3) is 0.333. The highest BCUT2D eigenvalue weighted by Crippen LogP contribution is 2.18. The van der Waals surface area contributed by atoms with Crippen LogP contribution in [0, 0.1) is 0 Å². The molecule has 0 aliphatic carbocycles. The van der Waals surface area contributed by atoms with Gasteiger partial charge in [0.05, 0.1) is 7.11 Å². The van der Waals surface area contributed by atoms with Crippen molar-refractivity contribution in [2.75, 3.05) is 32.1 Å². The van der Waals surface area contributed by atoms with E-state index in [-0.39, 0.29) is 6.54 Å². The third kappa shape index (κ3) is 3.46. The van der Waals surface area contributed by atoms with Crippen LogP contribution in [0.5, 0.6) is 5.75 Å². The molecule has 0 atom stereocenters. The lowest BCUT2D eigenvalue weighted by molar-refractivity contribution is -0.137. The molecule has 0 fully saturated rings. The van der Waals surface area contributed by atoms with Gasteiger partial charge in [-0.05, 0) is 24.3 Å². The van der Waals surface area contributed by atoms with Gasteiger partial charge in [-0.15, -0.1) is 0 Å². The molecule has 0 spiro atoms. The molecule has 98 valence electrons. The maximum atomic E-state index is 11.7. The predicted molar refractivity (Wildman–Crippen MR) is 68.5 cm³/mol. The van der Waals surface area contributed by atoms with E-state index in [2.05, 4.69) is 5.32 Å². The lowest BCUT2D eigenvalue weighted by Gasteiger charge is -2.16. The highest BCUT2D eigenvalue weighted by atomic mass is 16.5. The average Bonchev–Trinajstić information content (AvgIpc) is 2.43. The van der Waals surface area contributed by atoms with Crippen molar-refractivity contribution < 1.29 is 14.3 Å². The normalized spacial score (nSPS) is 9.72. The van der Waals surface area contributed by atoms with Gasteiger partial charge >= 0.3 is 11.8 Å². The SMILES string of the molecule is COc1ccc(N(C)C(=O)C(=O)NCCN)cc1. The van der Waals surface area contributed by atoms with E-state index in [0.29, 0.717) is 18.0 Å². The Morgan fingerprint density at radius 3 is 2.44 bits per heavy atom. The number of amides is 2. The number of carbonyl (C=O) groups is 2. The van der Waals surface area contributed by atoms with Gasteiger partial charge in [0.2, 0.25) is 0 Å². The summed E-state index contributed by atoms with van der Waals surface area (Å²) in [5.74, 6) is -0.612. The molecule has 0 radical (unpaired) electrons. The first-order valence-electron chi connectivity index (χ1n) is 5.50. The first-order valence-corrected chi connectivity index (χ1v) is 5.50. The molecule has 1 aromatic rings. The fourth-order valence-electron chi connectivity index (χ4n) is 1.34. The van der Waals surface area contributed by atoms with E-state index in [4.69, 9.17) is 10.5 Å². The molecule has 0 aromatic heterocycles. The Hall–Kier alpha value is -2.08. The van der Waals surface area contributed by atoms with Crippen LogP contribution in [0.4, 0.5) is 5.69 Å². The van der Waals surface area contributed by atoms with Crippen LogP contribution in [0.3, 0.4) is 0 Å². The molecule has 0 saturated carbocycles. The van der Waals surface area contributed by atoms with Crippen LogP contribution in [0.25, 0.3) is 0 Å². The molecular weight excluding hydrogens is 234 g/mol. The summed E-state index contributed by atoms with van der Waals surface area (Å²) in [6.07, 6.45) is 0. The molecule has 1 rings (SSSR count). The lowest BCUT2D eigenvalue weighted by atomic mass is 10.2. The Bertz CT molecular complexity index is 417. The van der Waals surface area contributed by atoms with Crippen LogP contribution in [0.2, 0.25) is 0 Å². The number of nitrogens with one attached hydrogen (secondary N) is 1. The number of rotatable bonds is 4. The van der Waals surface area contributed by atoms with Gasteiger partial charge in [0.15, 0.2) is 0 Å². The Labute approximate surface area is 106 Å². The molecule has 0 aliphatic heterocycles. The van der Waals surface area contributed by atoms with Gasteiger partial charge in [-0.2, -0.15) is 0 Å². The highest BCUT2D eigenvalue weighted by Gasteiger charge is 2.19. The lowest BCUT2D eigenvalue weighted by Crippen LogP contribution is -2.42. The molecule has 3 N–H and O–H groups in total. The summed E-state index contributed by atoms with van der Waals surface area (Å²) in [6, 6.07) is 6.84. The number of nitrogens with two attached hydrogens (primary N) is 1. The molecule has 2 amide bonds. The molecule has 0 aliphatic rings. The van der Waals surface area contributed by atoms with E-state index >= 15 is 0 Å². The van der Waals surface area contributed by atoms with Crippen molar-refractivity contribution in [2.24, 2.45) is 5.73 Å². The minimum atomic E-state index is -0.668. The molecule has 0 bridgehead atoms. The second kappa shape index (κ2) is 6.61. The van der Waals surface area contributed by atoms with Gasteiger partial charge in [0.1, 0.15) is 5.75 Å². The van der Waals surface area contributed by atoms with E-state index in [1.165, 1.54) is 11.9 Å². The highest BCUT2D eigenvalue weighted by molar-refractivity contribution is 6.40. The number of methoxy groups -OCH3 is 1. The van der Waals surface area contributed by atoms with E-state index in [1.807, 2.05) is 0 Å². The molecule has 6 nitrogen and oxygen atoms in total. The van der Waals surface area contributed by atoms with E-state index in [1.54, 1.807) is 31.4 Å². The van der Waals surface area contributed by atoms with Crippen LogP contribution >= 0.6 is 0 Å². The monoisotopic (exact) mass is 251 g/mol. The van der Waals surface area contributed by atoms with E-state index in [0.717, 1.165) is 0 Å². The molecular formula is C12H17N3O3. The van der Waals surface area contributed by atoms with Crippen LogP contribution in [0.1, 0.15) is 0 Å². The van der Waals surface area contributed by atoms with Crippen molar-refractivity contribution in [3.8, 4) is 5.75 Å². The van der Waals surface area contributed by atoms with Gasteiger partial charge in [-0.25, -0.2) is 0 Å². The summed E-state index contributed by atoms with van der Waals surface area (Å²) in [5, 5.41) is 2.43. The summed E-state index contributed by atoms with van der Waals surface area (Å²) in [7, 11) is 3.09. The van der Waals surface area contributed by atoms with Crippen molar-refractivity contribution in [3.63, 3.8) is 0 Å². The fourth-order valence-corrected chi connectivity index (χ4v) is 1.34. The Kier molecular flexibility index (Phi) is 5.13. The summed E-state index contributed by atoms with van der Waals surface area (Å²) in [4.78, 5) is 24.5. The predicted octanol–water partition coefficient (Wildman–Crippen LogP) is -0.267. The number of anilines is 1. The quantitative estimate of drug-likeness (QED) is 0.722. The van der Waals surface area contributed by atoms with E-state index < -0.39 is 11.8 Å². The second-order valence-electron chi connectivity index (χ2n) is 3.61. The van der Waals surface area contributed by atoms with Crippen molar-refractivity contribution >= 4 is 17.5 Å². The van der Waals surface area contributed by atoms with Gasteiger partial charge < -0.3 is 20.7 Å². The smallest absolute Gasteiger partial charge is 0.316 e. The maximum Gasteiger partial charge on any atom is 0.316 e. The number of hydrogen-bond acceptors (Lipinski definition) is 4. The van der Waals surface area contributed by atoms with Crippen LogP contribution in [-0.2, 0) is 9.59 Å². The summed E-state index contributed by atoms with van der Waals surface area (Å²) < 4.78 is 5.01. The van der Waals surface area contributed by atoms with Crippen LogP contribution in [-0.4, -0.2) is 39.1 Å². The molecule has 0 unspecified atom stereocenters.